The van der Waals surface area contributed by atoms with E-state index in [1.165, 1.54) is 0 Å². The second kappa shape index (κ2) is 7.33. The van der Waals surface area contributed by atoms with Crippen LogP contribution in [-0.4, -0.2) is 17.1 Å². The third-order valence-corrected chi connectivity index (χ3v) is 6.25. The molecule has 0 spiro atoms. The van der Waals surface area contributed by atoms with E-state index in [4.69, 9.17) is 16.3 Å². The second-order valence-corrected chi connectivity index (χ2v) is 8.12. The Morgan fingerprint density at radius 1 is 0.933 bits per heavy atom. The Balaban J connectivity index is 1.94. The van der Waals surface area contributed by atoms with E-state index in [9.17, 15) is 4.79 Å². The van der Waals surface area contributed by atoms with Gasteiger partial charge in [-0.2, -0.15) is 0 Å². The summed E-state index contributed by atoms with van der Waals surface area (Å²) >= 11 is 6.47. The van der Waals surface area contributed by atoms with Crippen molar-refractivity contribution in [3.63, 3.8) is 0 Å². The number of aromatic nitrogens is 1. The fourth-order valence-electron chi connectivity index (χ4n) is 4.45. The summed E-state index contributed by atoms with van der Waals surface area (Å²) in [6.45, 7) is 2.52. The van der Waals surface area contributed by atoms with Crippen LogP contribution in [-0.2, 0) is 11.8 Å². The number of hydrogen-bond acceptors (Lipinski definition) is 2. The van der Waals surface area contributed by atoms with Crippen molar-refractivity contribution in [2.45, 2.75) is 19.8 Å². The van der Waals surface area contributed by atoms with Gasteiger partial charge < -0.3 is 9.30 Å². The molecule has 4 heteroatoms. The summed E-state index contributed by atoms with van der Waals surface area (Å²) in [6.07, 6.45) is 1.84. The van der Waals surface area contributed by atoms with Crippen molar-refractivity contribution in [3.8, 4) is 0 Å². The number of para-hydroxylation sites is 1. The summed E-state index contributed by atoms with van der Waals surface area (Å²) in [4.78, 5) is 13.1. The lowest BCUT2D eigenvalue weighted by Crippen LogP contribution is -2.08. The van der Waals surface area contributed by atoms with Gasteiger partial charge in [-0.1, -0.05) is 67.4 Å². The number of carbonyl (C=O) groups excluding carboxylic acids is 1. The number of halogens is 1. The number of hydrogen-bond donors (Lipinski definition) is 0. The third kappa shape index (κ3) is 2.77. The average Bonchev–Trinajstić information content (AvgIpc) is 3.06. The predicted molar refractivity (Wildman–Crippen MR) is 126 cm³/mol. The van der Waals surface area contributed by atoms with Gasteiger partial charge in [0.05, 0.1) is 17.7 Å². The highest BCUT2D eigenvalue weighted by Gasteiger charge is 2.21. The summed E-state index contributed by atoms with van der Waals surface area (Å²) in [5.41, 5.74) is 2.60. The Hall–Kier alpha value is -3.04. The van der Waals surface area contributed by atoms with Gasteiger partial charge in [0.25, 0.3) is 0 Å². The number of rotatable bonds is 4. The van der Waals surface area contributed by atoms with Crippen molar-refractivity contribution in [1.29, 1.82) is 0 Å². The SMILES string of the molecule is CCCCOC(=O)c1cc2c3cccc(Cl)c3ccc2c2c3ccccc3n(C)c12. The van der Waals surface area contributed by atoms with Crippen LogP contribution in [0.4, 0.5) is 0 Å². The molecule has 0 saturated carbocycles. The predicted octanol–water partition coefficient (Wildman–Crippen LogP) is 7.25. The first kappa shape index (κ1) is 19.0. The van der Waals surface area contributed by atoms with Crippen LogP contribution in [0.2, 0.25) is 5.02 Å². The molecule has 1 aromatic heterocycles. The maximum atomic E-state index is 13.1. The lowest BCUT2D eigenvalue weighted by Gasteiger charge is -2.12. The zero-order valence-electron chi connectivity index (χ0n) is 17.0. The number of nitrogens with zero attached hydrogens (tertiary/aromatic N) is 1. The van der Waals surface area contributed by atoms with Gasteiger partial charge in [0.1, 0.15) is 0 Å². The number of ether oxygens (including phenoxy) is 1. The maximum Gasteiger partial charge on any atom is 0.340 e. The van der Waals surface area contributed by atoms with Crippen LogP contribution >= 0.6 is 11.6 Å². The standard InChI is InChI=1S/C26H22ClNO2/c1-3-4-14-30-26(29)21-15-20-16-9-7-10-22(27)17(16)12-13-18(20)24-19-8-5-6-11-23(19)28(2)25(21)24/h5-13,15H,3-4,14H2,1-2H3. The highest BCUT2D eigenvalue weighted by molar-refractivity contribution is 6.37. The summed E-state index contributed by atoms with van der Waals surface area (Å²) < 4.78 is 7.73. The zero-order chi connectivity index (χ0) is 20.8. The molecule has 0 bridgehead atoms. The van der Waals surface area contributed by atoms with Crippen molar-refractivity contribution in [3.05, 3.63) is 71.2 Å². The number of benzene rings is 4. The van der Waals surface area contributed by atoms with Crippen LogP contribution < -0.4 is 0 Å². The van der Waals surface area contributed by atoms with E-state index in [1.54, 1.807) is 0 Å². The smallest absolute Gasteiger partial charge is 0.340 e. The first-order valence-electron chi connectivity index (χ1n) is 10.3. The largest absolute Gasteiger partial charge is 0.462 e. The van der Waals surface area contributed by atoms with Gasteiger partial charge in [-0.25, -0.2) is 4.79 Å². The monoisotopic (exact) mass is 415 g/mol. The Bertz CT molecular complexity index is 1450. The molecule has 0 fully saturated rings. The van der Waals surface area contributed by atoms with E-state index >= 15 is 0 Å². The van der Waals surface area contributed by atoms with Gasteiger partial charge in [0.15, 0.2) is 0 Å². The van der Waals surface area contributed by atoms with E-state index < -0.39 is 0 Å². The van der Waals surface area contributed by atoms with Gasteiger partial charge in [0.2, 0.25) is 0 Å². The van der Waals surface area contributed by atoms with Gasteiger partial charge in [-0.15, -0.1) is 0 Å². The lowest BCUT2D eigenvalue weighted by atomic mass is 9.95. The van der Waals surface area contributed by atoms with Gasteiger partial charge >= 0.3 is 5.97 Å². The quantitative estimate of drug-likeness (QED) is 0.176. The molecule has 4 aromatic carbocycles. The van der Waals surface area contributed by atoms with Crippen molar-refractivity contribution >= 4 is 60.9 Å². The minimum Gasteiger partial charge on any atom is -0.462 e. The highest BCUT2D eigenvalue weighted by Crippen LogP contribution is 2.40. The lowest BCUT2D eigenvalue weighted by molar-refractivity contribution is 0.0502. The van der Waals surface area contributed by atoms with Crippen LogP contribution in [0.3, 0.4) is 0 Å². The molecule has 0 N–H and O–H groups in total. The summed E-state index contributed by atoms with van der Waals surface area (Å²) in [5, 5.41) is 7.07. The topological polar surface area (TPSA) is 31.2 Å². The number of carbonyl (C=O) groups is 1. The molecule has 0 aliphatic carbocycles. The van der Waals surface area contributed by atoms with E-state index in [1.807, 2.05) is 37.4 Å². The Morgan fingerprint density at radius 2 is 1.70 bits per heavy atom. The summed E-state index contributed by atoms with van der Waals surface area (Å²) in [5.74, 6) is -0.278. The maximum absolute atomic E-state index is 13.1. The van der Waals surface area contributed by atoms with E-state index in [-0.39, 0.29) is 5.97 Å². The van der Waals surface area contributed by atoms with Gasteiger partial charge in [-0.3, -0.25) is 0 Å². The highest BCUT2D eigenvalue weighted by atomic mass is 35.5. The Labute approximate surface area is 179 Å². The number of unbranched alkanes of at least 4 members (excludes halogenated alkanes) is 1. The van der Waals surface area contributed by atoms with Gasteiger partial charge in [-0.05, 0) is 40.8 Å². The third-order valence-electron chi connectivity index (χ3n) is 5.92. The minimum atomic E-state index is -0.278. The van der Waals surface area contributed by atoms with Crippen molar-refractivity contribution in [2.24, 2.45) is 7.05 Å². The first-order valence-corrected chi connectivity index (χ1v) is 10.7. The van der Waals surface area contributed by atoms with Crippen molar-refractivity contribution < 1.29 is 9.53 Å². The molecule has 150 valence electrons. The molecular weight excluding hydrogens is 394 g/mol. The fraction of sp³-hybridized carbons (Fsp3) is 0.192. The van der Waals surface area contributed by atoms with E-state index in [2.05, 4.69) is 41.8 Å². The average molecular weight is 416 g/mol. The molecule has 0 saturated heterocycles. The molecule has 3 nitrogen and oxygen atoms in total. The summed E-state index contributed by atoms with van der Waals surface area (Å²) in [7, 11) is 2.01. The Kier molecular flexibility index (Phi) is 4.63. The van der Waals surface area contributed by atoms with Crippen LogP contribution in [0.15, 0.2) is 60.7 Å². The molecular formula is C26H22ClNO2. The number of esters is 1. The molecule has 5 rings (SSSR count). The molecule has 30 heavy (non-hydrogen) atoms. The van der Waals surface area contributed by atoms with Crippen molar-refractivity contribution in [2.75, 3.05) is 6.61 Å². The van der Waals surface area contributed by atoms with Crippen molar-refractivity contribution in [1.82, 2.24) is 4.57 Å². The van der Waals surface area contributed by atoms with E-state index in [0.717, 1.165) is 56.2 Å². The Morgan fingerprint density at radius 3 is 2.53 bits per heavy atom. The second-order valence-electron chi connectivity index (χ2n) is 7.71. The molecule has 1 heterocycles. The zero-order valence-corrected chi connectivity index (χ0v) is 17.8. The molecule has 0 radical (unpaired) electrons. The fourth-order valence-corrected chi connectivity index (χ4v) is 4.69. The molecule has 5 aromatic rings. The molecule has 0 unspecified atom stereocenters. The molecule has 0 aliphatic rings. The van der Waals surface area contributed by atoms with Crippen LogP contribution in [0.1, 0.15) is 30.1 Å². The van der Waals surface area contributed by atoms with Crippen LogP contribution in [0.5, 0.6) is 0 Å². The molecule has 0 atom stereocenters. The first-order chi connectivity index (χ1) is 14.6. The number of aryl methyl sites for hydroxylation is 1. The normalized spacial score (nSPS) is 11.7. The molecule has 0 amide bonds. The van der Waals surface area contributed by atoms with Crippen LogP contribution in [0, 0.1) is 0 Å². The summed E-state index contributed by atoms with van der Waals surface area (Å²) in [6, 6.07) is 20.3. The minimum absolute atomic E-state index is 0.278. The molecule has 0 aliphatic heterocycles. The number of fused-ring (bicyclic) bond motifs is 7. The van der Waals surface area contributed by atoms with Gasteiger partial charge in [0, 0.05) is 33.7 Å². The van der Waals surface area contributed by atoms with Crippen LogP contribution in [0.25, 0.3) is 43.4 Å². The van der Waals surface area contributed by atoms with E-state index in [0.29, 0.717) is 17.2 Å².